The van der Waals surface area contributed by atoms with Crippen LogP contribution in [-0.2, 0) is 22.5 Å². The van der Waals surface area contributed by atoms with Gasteiger partial charge in [-0.05, 0) is 70.4 Å². The molecular weight excluding hydrogens is 784 g/mol. The lowest BCUT2D eigenvalue weighted by Gasteiger charge is -2.32. The molecule has 2 aromatic rings. The zero-order valence-electron chi connectivity index (χ0n) is 37.3. The van der Waals surface area contributed by atoms with Crippen LogP contribution in [0.1, 0.15) is 173 Å². The molecule has 0 unspecified atom stereocenters. The quantitative estimate of drug-likeness (QED) is 0.0472. The first-order chi connectivity index (χ1) is 26.9. The highest BCUT2D eigenvalue weighted by atomic mass is 35.5. The Labute approximate surface area is 369 Å². The van der Waals surface area contributed by atoms with Crippen LogP contribution in [0.15, 0.2) is 70.5 Å². The van der Waals surface area contributed by atoms with Crippen LogP contribution in [0.4, 0.5) is 5.82 Å². The van der Waals surface area contributed by atoms with Crippen molar-refractivity contribution in [2.75, 3.05) is 18.9 Å². The molecule has 0 fully saturated rings. The number of thiazole rings is 1. The summed E-state index contributed by atoms with van der Waals surface area (Å²) in [4.78, 5) is 21.5. The molecule has 1 aliphatic rings. The first-order valence-corrected chi connectivity index (χ1v) is 22.5. The fourth-order valence-electron chi connectivity index (χ4n) is 7.09. The minimum Gasteiger partial charge on any atom is -1.00 e. The Hall–Kier alpha value is -2.78. The molecule has 0 spiro atoms. The number of aliphatic hydroxyl groups excluding tert-OH is 1. The Morgan fingerprint density at radius 1 is 0.966 bits per heavy atom. The number of unbranched alkanes of at least 4 members (excludes halogenated alkanes) is 12. The average Bonchev–Trinajstić information content (AvgIpc) is 3.49. The van der Waals surface area contributed by atoms with Crippen molar-refractivity contribution < 1.29 is 31.6 Å². The third-order valence-electron chi connectivity index (χ3n) is 10.8. The Balaban J connectivity index is 0.00000135. The molecule has 2 aromatic heterocycles. The summed E-state index contributed by atoms with van der Waals surface area (Å²) >= 11 is 1.65. The number of aliphatic hydroxyl groups is 1. The molecular formula is C48H78Cl2N4O3S. The van der Waals surface area contributed by atoms with Gasteiger partial charge in [0.05, 0.1) is 10.4 Å². The van der Waals surface area contributed by atoms with E-state index in [9.17, 15) is 4.79 Å². The van der Waals surface area contributed by atoms with Crippen LogP contribution in [0.5, 0.6) is 0 Å². The van der Waals surface area contributed by atoms with E-state index < -0.39 is 0 Å². The summed E-state index contributed by atoms with van der Waals surface area (Å²) in [5.41, 5.74) is 15.7. The van der Waals surface area contributed by atoms with E-state index >= 15 is 0 Å². The molecule has 0 aromatic carbocycles. The van der Waals surface area contributed by atoms with Gasteiger partial charge in [-0.3, -0.25) is 4.79 Å². The van der Waals surface area contributed by atoms with E-state index in [1.807, 2.05) is 25.4 Å². The van der Waals surface area contributed by atoms with Crippen molar-refractivity contribution in [2.24, 2.45) is 5.41 Å². The summed E-state index contributed by atoms with van der Waals surface area (Å²) in [7, 11) is 0. The minimum absolute atomic E-state index is 0. The molecule has 0 atom stereocenters. The number of allylic oxidation sites excluding steroid dienone is 9. The lowest BCUT2D eigenvalue weighted by atomic mass is 9.72. The van der Waals surface area contributed by atoms with Gasteiger partial charge in [0.2, 0.25) is 5.51 Å². The fourth-order valence-corrected chi connectivity index (χ4v) is 8.08. The van der Waals surface area contributed by atoms with Crippen molar-refractivity contribution in [1.82, 2.24) is 9.97 Å². The number of anilines is 1. The van der Waals surface area contributed by atoms with E-state index in [0.717, 1.165) is 29.7 Å². The van der Waals surface area contributed by atoms with Gasteiger partial charge < -0.3 is 28.0 Å². The summed E-state index contributed by atoms with van der Waals surface area (Å²) in [5, 5.41) is 8.98. The van der Waals surface area contributed by atoms with Crippen LogP contribution < -0.4 is 22.7 Å². The number of hydrogen-bond donors (Lipinski definition) is 2. The lowest BCUT2D eigenvalue weighted by Crippen LogP contribution is -3.00. The number of nitrogen functional groups attached to an aromatic ring is 1. The Kier molecular flexibility index (Phi) is 30.5. The number of aryl methyl sites for hydroxylation is 1. The second-order valence-corrected chi connectivity index (χ2v) is 17.3. The third-order valence-corrected chi connectivity index (χ3v) is 11.9. The number of aromatic nitrogens is 3. The molecule has 0 amide bonds. The van der Waals surface area contributed by atoms with Crippen molar-refractivity contribution in [2.45, 2.75) is 178 Å². The SMILES string of the molecule is CCCCCCCCCCCCCCCC(=O)OC/C=C(C)/C=C/C=C(C)/C=C/C1=C(C)CCCC1(C)C.Cc1ncc(C[n+]2csc(CCO)c2C)c(N)n1.Cl.[Cl-]. The fraction of sp³-hybridized carbons (Fsp3) is 0.625. The first kappa shape index (κ1) is 55.2. The maximum absolute atomic E-state index is 12.0. The van der Waals surface area contributed by atoms with Crippen LogP contribution >= 0.6 is 23.7 Å². The number of rotatable bonds is 24. The van der Waals surface area contributed by atoms with Gasteiger partial charge in [0, 0.05) is 32.6 Å². The smallest absolute Gasteiger partial charge is 0.306 e. The van der Waals surface area contributed by atoms with Gasteiger partial charge in [0.15, 0.2) is 12.2 Å². The van der Waals surface area contributed by atoms with Gasteiger partial charge in [-0.2, -0.15) is 4.57 Å². The predicted molar refractivity (Wildman–Crippen MR) is 245 cm³/mol. The maximum Gasteiger partial charge on any atom is 0.306 e. The van der Waals surface area contributed by atoms with Crippen molar-refractivity contribution in [3.05, 3.63) is 92.4 Å². The van der Waals surface area contributed by atoms with E-state index in [0.29, 0.717) is 37.6 Å². The van der Waals surface area contributed by atoms with Crippen LogP contribution in [0.25, 0.3) is 0 Å². The highest BCUT2D eigenvalue weighted by Crippen LogP contribution is 2.40. The summed E-state index contributed by atoms with van der Waals surface area (Å²) in [6, 6.07) is 0. The molecule has 1 aliphatic carbocycles. The van der Waals surface area contributed by atoms with Crippen LogP contribution in [0.2, 0.25) is 0 Å². The van der Waals surface area contributed by atoms with E-state index in [2.05, 4.69) is 86.5 Å². The number of halogens is 2. The normalized spacial score (nSPS) is 14.3. The number of carbonyl (C=O) groups is 1. The van der Waals surface area contributed by atoms with E-state index in [1.54, 1.807) is 17.5 Å². The summed E-state index contributed by atoms with van der Waals surface area (Å²) in [6.45, 7) is 18.5. The highest BCUT2D eigenvalue weighted by Gasteiger charge is 2.26. The Morgan fingerprint density at radius 2 is 1.59 bits per heavy atom. The second kappa shape index (κ2) is 32.1. The largest absolute Gasteiger partial charge is 1.00 e. The standard InChI is InChI=1S/C36H60O2.C12H17N4OS.2ClH/c1-7-8-9-10-11-12-13-14-15-16-17-18-19-25-35(37)38-30-28-32(3)23-20-22-31(2)26-27-34-33(4)24-21-29-36(34,5)6;1-8-11(3-4-17)18-7-16(8)6-10-5-14-9(2)15-12(10)13;;/h20,22-23,26-28H,7-19,21,24-25,29-30H2,1-6H3;5,7,17H,3-4,6H2,1-2H3,(H2,13,14,15);2*1H/q;+1;;/p-1/b23-20+,27-26+,31-22+,32-28+;;;. The topological polar surface area (TPSA) is 102 Å². The monoisotopic (exact) mass is 861 g/mol. The van der Waals surface area contributed by atoms with Gasteiger partial charge in [0.1, 0.15) is 18.2 Å². The lowest BCUT2D eigenvalue weighted by molar-refractivity contribution is -0.689. The number of hydrogen-bond acceptors (Lipinski definition) is 7. The van der Waals surface area contributed by atoms with Crippen LogP contribution in [0.3, 0.4) is 0 Å². The number of ether oxygens (including phenoxy) is 1. The van der Waals surface area contributed by atoms with Crippen LogP contribution in [-0.4, -0.2) is 34.3 Å². The van der Waals surface area contributed by atoms with E-state index in [1.165, 1.54) is 111 Å². The van der Waals surface area contributed by atoms with Gasteiger partial charge in [-0.25, -0.2) is 9.97 Å². The molecule has 0 aliphatic heterocycles. The summed E-state index contributed by atoms with van der Waals surface area (Å²) < 4.78 is 7.51. The molecule has 7 nitrogen and oxygen atoms in total. The Bertz CT molecular complexity index is 1610. The van der Waals surface area contributed by atoms with Crippen molar-refractivity contribution in [3.63, 3.8) is 0 Å². The van der Waals surface area contributed by atoms with E-state index in [-0.39, 0.29) is 42.8 Å². The number of carbonyl (C=O) groups excluding carboxylic acids is 1. The number of esters is 1. The highest BCUT2D eigenvalue weighted by molar-refractivity contribution is 7.09. The molecule has 10 heteroatoms. The summed E-state index contributed by atoms with van der Waals surface area (Å²) in [6.07, 6.45) is 36.7. The third kappa shape index (κ3) is 23.1. The van der Waals surface area contributed by atoms with Crippen molar-refractivity contribution in [3.8, 4) is 0 Å². The van der Waals surface area contributed by atoms with Gasteiger partial charge >= 0.3 is 5.97 Å². The van der Waals surface area contributed by atoms with Gasteiger partial charge in [-0.1, -0.05) is 156 Å². The van der Waals surface area contributed by atoms with Crippen molar-refractivity contribution in [1.29, 1.82) is 0 Å². The zero-order chi connectivity index (χ0) is 41.2. The van der Waals surface area contributed by atoms with Gasteiger partial charge in [0.25, 0.3) is 0 Å². The first-order valence-electron chi connectivity index (χ1n) is 21.6. The van der Waals surface area contributed by atoms with Crippen molar-refractivity contribution >= 4 is 35.5 Å². The predicted octanol–water partition coefficient (Wildman–Crippen LogP) is 9.58. The summed E-state index contributed by atoms with van der Waals surface area (Å²) in [5.74, 6) is 1.14. The molecule has 0 bridgehead atoms. The molecule has 3 N–H and O–H groups in total. The Morgan fingerprint density at radius 3 is 2.17 bits per heavy atom. The zero-order valence-corrected chi connectivity index (χ0v) is 39.7. The number of nitrogens with two attached hydrogens (primary N) is 1. The van der Waals surface area contributed by atoms with E-state index in [4.69, 9.17) is 15.6 Å². The van der Waals surface area contributed by atoms with Gasteiger partial charge in [-0.15, -0.1) is 12.4 Å². The molecule has 0 radical (unpaired) electrons. The molecule has 58 heavy (non-hydrogen) atoms. The average molecular weight is 862 g/mol. The maximum atomic E-state index is 12.0. The second-order valence-electron chi connectivity index (χ2n) is 16.3. The number of nitrogens with zero attached hydrogens (tertiary/aromatic N) is 3. The molecule has 0 saturated heterocycles. The molecule has 3 rings (SSSR count). The molecule has 328 valence electrons. The minimum atomic E-state index is -0.0720. The molecule has 2 heterocycles. The molecule has 0 saturated carbocycles. The van der Waals surface area contributed by atoms with Crippen LogP contribution in [0, 0.1) is 19.3 Å².